The molecule has 0 atom stereocenters. The Hall–Kier alpha value is -2.01. The molecule has 100 valence electrons. The molecule has 0 aliphatic rings. The molecule has 5 heteroatoms. The highest BCUT2D eigenvalue weighted by Crippen LogP contribution is 2.25. The average Bonchev–Trinajstić information content (AvgIpc) is 2.37. The van der Waals surface area contributed by atoms with Gasteiger partial charge in [0.15, 0.2) is 5.82 Å². The molecule has 3 N–H and O–H groups in total. The molecule has 0 radical (unpaired) electrons. The van der Waals surface area contributed by atoms with Crippen LogP contribution in [0.3, 0.4) is 0 Å². The molecule has 0 unspecified atom stereocenters. The number of aryl methyl sites for hydroxylation is 2. The van der Waals surface area contributed by atoms with Gasteiger partial charge in [0.25, 0.3) is 0 Å². The standard InChI is InChI=1S/C14H17FN4/c1-4-11-9(3)17-13(18-14(11)19-16)12-6-5-10(15)7-8(12)2/h5-7H,4,16H2,1-3H3,(H,17,18,19). The summed E-state index contributed by atoms with van der Waals surface area (Å²) in [6.07, 6.45) is 0.800. The molecule has 0 spiro atoms. The second-order valence-electron chi connectivity index (χ2n) is 4.42. The topological polar surface area (TPSA) is 63.8 Å². The first-order valence-electron chi connectivity index (χ1n) is 6.17. The minimum atomic E-state index is -0.264. The lowest BCUT2D eigenvalue weighted by Crippen LogP contribution is -2.13. The predicted octanol–water partition coefficient (Wildman–Crippen LogP) is 2.75. The molecule has 0 fully saturated rings. The number of nitrogens with one attached hydrogen (secondary N) is 1. The van der Waals surface area contributed by atoms with Crippen LogP contribution >= 0.6 is 0 Å². The van der Waals surface area contributed by atoms with Crippen LogP contribution in [-0.4, -0.2) is 9.97 Å². The molecule has 0 saturated heterocycles. The van der Waals surface area contributed by atoms with Crippen LogP contribution in [0.5, 0.6) is 0 Å². The lowest BCUT2D eigenvalue weighted by molar-refractivity contribution is 0.627. The molecule has 0 aliphatic carbocycles. The van der Waals surface area contributed by atoms with Crippen LogP contribution in [0, 0.1) is 19.7 Å². The van der Waals surface area contributed by atoms with Gasteiger partial charge in [-0.05, 0) is 44.0 Å². The maximum Gasteiger partial charge on any atom is 0.162 e. The number of hydrogen-bond acceptors (Lipinski definition) is 4. The Balaban J connectivity index is 2.60. The third kappa shape index (κ3) is 2.56. The molecule has 1 heterocycles. The molecule has 1 aromatic carbocycles. The van der Waals surface area contributed by atoms with E-state index >= 15 is 0 Å². The molecule has 1 aromatic heterocycles. The van der Waals surface area contributed by atoms with Crippen molar-refractivity contribution in [3.63, 3.8) is 0 Å². The van der Waals surface area contributed by atoms with Gasteiger partial charge in [-0.3, -0.25) is 0 Å². The highest BCUT2D eigenvalue weighted by Gasteiger charge is 2.12. The molecule has 4 nitrogen and oxygen atoms in total. The monoisotopic (exact) mass is 260 g/mol. The Bertz CT molecular complexity index is 611. The fourth-order valence-corrected chi connectivity index (χ4v) is 2.14. The number of benzene rings is 1. The second-order valence-corrected chi connectivity index (χ2v) is 4.42. The summed E-state index contributed by atoms with van der Waals surface area (Å²) in [5, 5.41) is 0. The van der Waals surface area contributed by atoms with Crippen molar-refractivity contribution < 1.29 is 4.39 Å². The van der Waals surface area contributed by atoms with E-state index in [9.17, 15) is 4.39 Å². The van der Waals surface area contributed by atoms with Crippen molar-refractivity contribution >= 4 is 5.82 Å². The molecule has 0 aliphatic heterocycles. The van der Waals surface area contributed by atoms with Crippen molar-refractivity contribution in [1.82, 2.24) is 9.97 Å². The van der Waals surface area contributed by atoms with Crippen LogP contribution in [0.15, 0.2) is 18.2 Å². The normalized spacial score (nSPS) is 10.6. The number of hydrogen-bond donors (Lipinski definition) is 2. The number of nitrogens with zero attached hydrogens (tertiary/aromatic N) is 2. The van der Waals surface area contributed by atoms with Crippen LogP contribution in [-0.2, 0) is 6.42 Å². The van der Waals surface area contributed by atoms with Gasteiger partial charge in [-0.2, -0.15) is 0 Å². The van der Waals surface area contributed by atoms with E-state index in [4.69, 9.17) is 5.84 Å². The van der Waals surface area contributed by atoms with E-state index in [-0.39, 0.29) is 5.82 Å². The van der Waals surface area contributed by atoms with Crippen LogP contribution in [0.1, 0.15) is 23.7 Å². The van der Waals surface area contributed by atoms with Crippen LogP contribution in [0.2, 0.25) is 0 Å². The van der Waals surface area contributed by atoms with Crippen LogP contribution in [0.25, 0.3) is 11.4 Å². The van der Waals surface area contributed by atoms with Crippen molar-refractivity contribution in [2.24, 2.45) is 5.84 Å². The zero-order chi connectivity index (χ0) is 14.0. The van der Waals surface area contributed by atoms with E-state index in [0.29, 0.717) is 11.6 Å². The van der Waals surface area contributed by atoms with Gasteiger partial charge in [-0.1, -0.05) is 6.92 Å². The summed E-state index contributed by atoms with van der Waals surface area (Å²) in [4.78, 5) is 8.90. The van der Waals surface area contributed by atoms with Gasteiger partial charge < -0.3 is 5.43 Å². The Morgan fingerprint density at radius 1 is 1.26 bits per heavy atom. The molecule has 2 rings (SSSR count). The van der Waals surface area contributed by atoms with E-state index in [1.54, 1.807) is 6.07 Å². The summed E-state index contributed by atoms with van der Waals surface area (Å²) >= 11 is 0. The number of aromatic nitrogens is 2. The first-order chi connectivity index (χ1) is 9.06. The number of rotatable bonds is 3. The van der Waals surface area contributed by atoms with E-state index in [2.05, 4.69) is 15.4 Å². The van der Waals surface area contributed by atoms with E-state index in [0.717, 1.165) is 28.8 Å². The van der Waals surface area contributed by atoms with Gasteiger partial charge >= 0.3 is 0 Å². The quantitative estimate of drug-likeness (QED) is 0.658. The highest BCUT2D eigenvalue weighted by atomic mass is 19.1. The van der Waals surface area contributed by atoms with E-state index < -0.39 is 0 Å². The molecule has 19 heavy (non-hydrogen) atoms. The first kappa shape index (κ1) is 13.4. The zero-order valence-corrected chi connectivity index (χ0v) is 11.3. The molecule has 0 bridgehead atoms. The van der Waals surface area contributed by atoms with Gasteiger partial charge in [-0.15, -0.1) is 0 Å². The Morgan fingerprint density at radius 2 is 2.00 bits per heavy atom. The fraction of sp³-hybridized carbons (Fsp3) is 0.286. The van der Waals surface area contributed by atoms with Gasteiger partial charge in [0, 0.05) is 16.8 Å². The second kappa shape index (κ2) is 5.32. The van der Waals surface area contributed by atoms with Crippen LogP contribution in [0.4, 0.5) is 10.2 Å². The Labute approximate surface area is 111 Å². The predicted molar refractivity (Wildman–Crippen MR) is 74.1 cm³/mol. The molecule has 0 saturated carbocycles. The molecule has 2 aromatic rings. The number of hydrazine groups is 1. The van der Waals surface area contributed by atoms with Crippen molar-refractivity contribution in [3.05, 3.63) is 40.8 Å². The smallest absolute Gasteiger partial charge is 0.162 e. The summed E-state index contributed by atoms with van der Waals surface area (Å²) in [6, 6.07) is 4.56. The van der Waals surface area contributed by atoms with Crippen molar-refractivity contribution in [1.29, 1.82) is 0 Å². The van der Waals surface area contributed by atoms with Crippen molar-refractivity contribution in [2.45, 2.75) is 27.2 Å². The third-order valence-corrected chi connectivity index (χ3v) is 3.13. The largest absolute Gasteiger partial charge is 0.308 e. The van der Waals surface area contributed by atoms with Gasteiger partial charge in [0.05, 0.1) is 0 Å². The maximum atomic E-state index is 13.1. The fourth-order valence-electron chi connectivity index (χ4n) is 2.14. The molecule has 0 amide bonds. The van der Waals surface area contributed by atoms with Gasteiger partial charge in [-0.25, -0.2) is 20.2 Å². The summed E-state index contributed by atoms with van der Waals surface area (Å²) in [6.45, 7) is 5.78. The van der Waals surface area contributed by atoms with Gasteiger partial charge in [0.1, 0.15) is 11.6 Å². The van der Waals surface area contributed by atoms with E-state index in [1.807, 2.05) is 20.8 Å². The van der Waals surface area contributed by atoms with Crippen LogP contribution < -0.4 is 11.3 Å². The lowest BCUT2D eigenvalue weighted by Gasteiger charge is -2.12. The number of anilines is 1. The summed E-state index contributed by atoms with van der Waals surface area (Å²) in [5.74, 6) is 6.42. The zero-order valence-electron chi connectivity index (χ0n) is 11.3. The van der Waals surface area contributed by atoms with Crippen molar-refractivity contribution in [3.8, 4) is 11.4 Å². The Morgan fingerprint density at radius 3 is 2.58 bits per heavy atom. The average molecular weight is 260 g/mol. The number of nitrogen functional groups attached to an aromatic ring is 1. The summed E-state index contributed by atoms with van der Waals surface area (Å²) in [7, 11) is 0. The SMILES string of the molecule is CCc1c(C)nc(-c2ccc(F)cc2C)nc1NN. The summed E-state index contributed by atoms with van der Waals surface area (Å²) < 4.78 is 13.1. The third-order valence-electron chi connectivity index (χ3n) is 3.13. The summed E-state index contributed by atoms with van der Waals surface area (Å²) in [5.41, 5.74) is 6.08. The van der Waals surface area contributed by atoms with Crippen molar-refractivity contribution in [2.75, 3.05) is 5.43 Å². The first-order valence-corrected chi connectivity index (χ1v) is 6.17. The minimum absolute atomic E-state index is 0.264. The number of nitrogens with two attached hydrogens (primary N) is 1. The maximum absolute atomic E-state index is 13.1. The number of halogens is 1. The molecular weight excluding hydrogens is 243 g/mol. The minimum Gasteiger partial charge on any atom is -0.308 e. The molecular formula is C14H17FN4. The van der Waals surface area contributed by atoms with E-state index in [1.165, 1.54) is 12.1 Å². The lowest BCUT2D eigenvalue weighted by atomic mass is 10.1. The highest BCUT2D eigenvalue weighted by molar-refractivity contribution is 5.63. The van der Waals surface area contributed by atoms with Gasteiger partial charge in [0.2, 0.25) is 0 Å². The Kier molecular flexibility index (Phi) is 3.76.